The van der Waals surface area contributed by atoms with Crippen molar-refractivity contribution in [2.45, 2.75) is 34.6 Å². The Bertz CT molecular complexity index is 170. The standard InChI is InChI=1S/C7H6F.2C2H6.V/c1-6-3-2-4-7(8)5-6;2*1-2;/h2-3,5H,1H3;2*1-2H3;/q-1;;;. The van der Waals surface area contributed by atoms with Crippen LogP contribution in [0.4, 0.5) is 4.39 Å². The Labute approximate surface area is 93.4 Å². The molecule has 0 aliphatic rings. The van der Waals surface area contributed by atoms with Crippen LogP contribution >= 0.6 is 0 Å². The number of benzene rings is 1. The zero-order valence-electron chi connectivity index (χ0n) is 9.06. The molecule has 0 N–H and O–H groups in total. The SMILES string of the molecule is CC.CC.Cc1cc[c-]c(F)c1.[V]. The Kier molecular flexibility index (Phi) is 20.3. The molecule has 75 valence electrons. The van der Waals surface area contributed by atoms with Crippen molar-refractivity contribution in [3.8, 4) is 0 Å². The number of hydrogen-bond acceptors (Lipinski definition) is 0. The summed E-state index contributed by atoms with van der Waals surface area (Å²) in [6, 6.07) is 7.23. The number of aryl methyl sites for hydroxylation is 1. The first-order valence-electron chi connectivity index (χ1n) is 4.43. The Morgan fingerprint density at radius 1 is 1.15 bits per heavy atom. The van der Waals surface area contributed by atoms with Gasteiger partial charge in [-0.2, -0.15) is 17.7 Å². The summed E-state index contributed by atoms with van der Waals surface area (Å²) in [6.07, 6.45) is 0. The van der Waals surface area contributed by atoms with Crippen molar-refractivity contribution in [3.05, 3.63) is 35.6 Å². The molecule has 0 aliphatic carbocycles. The average molecular weight is 220 g/mol. The van der Waals surface area contributed by atoms with Crippen LogP contribution in [0.25, 0.3) is 0 Å². The molecule has 1 aromatic carbocycles. The molecule has 0 bridgehead atoms. The molecule has 0 amide bonds. The first-order valence-corrected chi connectivity index (χ1v) is 4.43. The predicted octanol–water partition coefficient (Wildman–Crippen LogP) is 3.98. The van der Waals surface area contributed by atoms with Crippen LogP contribution in [-0.2, 0) is 18.6 Å². The van der Waals surface area contributed by atoms with Gasteiger partial charge in [0.15, 0.2) is 0 Å². The van der Waals surface area contributed by atoms with Crippen molar-refractivity contribution in [3.63, 3.8) is 0 Å². The molecule has 1 aromatic rings. The Morgan fingerprint density at radius 3 is 1.85 bits per heavy atom. The maximum Gasteiger partial charge on any atom is 0.0111 e. The predicted molar refractivity (Wildman–Crippen MR) is 52.7 cm³/mol. The van der Waals surface area contributed by atoms with Crippen molar-refractivity contribution in [2.24, 2.45) is 0 Å². The first-order chi connectivity index (χ1) is 5.79. The second-order valence-electron chi connectivity index (χ2n) is 1.71. The Balaban J connectivity index is -0.000000178. The third-order valence-electron chi connectivity index (χ3n) is 0.922. The molecular formula is C11H18FV-. The van der Waals surface area contributed by atoms with Crippen molar-refractivity contribution >= 4 is 0 Å². The van der Waals surface area contributed by atoms with E-state index in [9.17, 15) is 4.39 Å². The summed E-state index contributed by atoms with van der Waals surface area (Å²) >= 11 is 0. The Hall–Kier alpha value is -0.266. The normalized spacial score (nSPS) is 6.62. The van der Waals surface area contributed by atoms with E-state index in [0.717, 1.165) is 5.56 Å². The van der Waals surface area contributed by atoms with Crippen LogP contribution in [0.15, 0.2) is 18.2 Å². The number of halogens is 1. The summed E-state index contributed by atoms with van der Waals surface area (Å²) < 4.78 is 12.1. The van der Waals surface area contributed by atoms with Gasteiger partial charge in [0.1, 0.15) is 0 Å². The van der Waals surface area contributed by atoms with Gasteiger partial charge in [0.25, 0.3) is 0 Å². The largest absolute Gasteiger partial charge is 0.236 e. The van der Waals surface area contributed by atoms with E-state index in [1.54, 1.807) is 6.07 Å². The summed E-state index contributed by atoms with van der Waals surface area (Å²) in [7, 11) is 0. The first kappa shape index (κ1) is 18.5. The van der Waals surface area contributed by atoms with E-state index >= 15 is 0 Å². The molecule has 1 radical (unpaired) electrons. The number of rotatable bonds is 0. The van der Waals surface area contributed by atoms with Crippen LogP contribution in [-0.4, -0.2) is 0 Å². The van der Waals surface area contributed by atoms with Gasteiger partial charge in [-0.15, -0.1) is 12.1 Å². The summed E-state index contributed by atoms with van der Waals surface area (Å²) in [6.45, 7) is 9.84. The molecule has 0 aliphatic heterocycles. The van der Waals surface area contributed by atoms with Gasteiger partial charge in [0, 0.05) is 24.4 Å². The van der Waals surface area contributed by atoms with E-state index < -0.39 is 0 Å². The Morgan fingerprint density at radius 2 is 1.62 bits per heavy atom. The summed E-state index contributed by atoms with van der Waals surface area (Å²) in [5.41, 5.74) is 0.932. The van der Waals surface area contributed by atoms with Gasteiger partial charge in [0.05, 0.1) is 0 Å². The molecule has 13 heavy (non-hydrogen) atoms. The van der Waals surface area contributed by atoms with Crippen molar-refractivity contribution in [2.75, 3.05) is 0 Å². The molecule has 0 heterocycles. The van der Waals surface area contributed by atoms with E-state index in [0.29, 0.717) is 0 Å². The maximum atomic E-state index is 12.1. The molecule has 1 rings (SSSR count). The van der Waals surface area contributed by atoms with Gasteiger partial charge in [-0.05, 0) is 0 Å². The monoisotopic (exact) mass is 220 g/mol. The molecule has 0 unspecified atom stereocenters. The van der Waals surface area contributed by atoms with E-state index in [1.165, 1.54) is 6.07 Å². The minimum absolute atomic E-state index is 0. The second-order valence-corrected chi connectivity index (χ2v) is 1.71. The fourth-order valence-corrected chi connectivity index (χ4v) is 0.542. The molecule has 0 atom stereocenters. The van der Waals surface area contributed by atoms with E-state index in [1.807, 2.05) is 40.7 Å². The van der Waals surface area contributed by atoms with E-state index in [-0.39, 0.29) is 24.4 Å². The molecular weight excluding hydrogens is 202 g/mol. The summed E-state index contributed by atoms with van der Waals surface area (Å²) in [4.78, 5) is 0. The van der Waals surface area contributed by atoms with Gasteiger partial charge in [0.2, 0.25) is 0 Å². The third-order valence-corrected chi connectivity index (χ3v) is 0.922. The van der Waals surface area contributed by atoms with Gasteiger partial charge in [-0.25, -0.2) is 4.39 Å². The molecule has 0 saturated carbocycles. The number of hydrogen-bond donors (Lipinski definition) is 0. The fourth-order valence-electron chi connectivity index (χ4n) is 0.542. The minimum Gasteiger partial charge on any atom is -0.236 e. The molecule has 0 spiro atoms. The summed E-state index contributed by atoms with van der Waals surface area (Å²) in [5, 5.41) is 0. The smallest absolute Gasteiger partial charge is 0.0111 e. The third kappa shape index (κ3) is 11.7. The van der Waals surface area contributed by atoms with Crippen LogP contribution in [0, 0.1) is 18.8 Å². The van der Waals surface area contributed by atoms with Crippen LogP contribution in [0.3, 0.4) is 0 Å². The van der Waals surface area contributed by atoms with Crippen LogP contribution in [0.1, 0.15) is 33.3 Å². The maximum absolute atomic E-state index is 12.1. The van der Waals surface area contributed by atoms with Gasteiger partial charge >= 0.3 is 0 Å². The molecule has 0 aromatic heterocycles. The average Bonchev–Trinajstić information content (AvgIpc) is 2.11. The zero-order chi connectivity index (χ0) is 9.98. The van der Waals surface area contributed by atoms with Crippen LogP contribution in [0.5, 0.6) is 0 Å². The van der Waals surface area contributed by atoms with Crippen LogP contribution in [0.2, 0.25) is 0 Å². The molecule has 2 heteroatoms. The molecule has 0 nitrogen and oxygen atoms in total. The van der Waals surface area contributed by atoms with Gasteiger partial charge in [-0.3, -0.25) is 0 Å². The van der Waals surface area contributed by atoms with E-state index in [2.05, 4.69) is 6.07 Å². The zero-order valence-corrected chi connectivity index (χ0v) is 10.5. The van der Waals surface area contributed by atoms with Crippen LogP contribution < -0.4 is 0 Å². The van der Waals surface area contributed by atoms with E-state index in [4.69, 9.17) is 0 Å². The van der Waals surface area contributed by atoms with Gasteiger partial charge < -0.3 is 0 Å². The van der Waals surface area contributed by atoms with Crippen molar-refractivity contribution in [1.29, 1.82) is 0 Å². The fraction of sp³-hybridized carbons (Fsp3) is 0.455. The second kappa shape index (κ2) is 14.3. The van der Waals surface area contributed by atoms with Crippen molar-refractivity contribution < 1.29 is 22.9 Å². The van der Waals surface area contributed by atoms with Gasteiger partial charge in [-0.1, -0.05) is 34.6 Å². The molecule has 0 fully saturated rings. The quantitative estimate of drug-likeness (QED) is 0.580. The minimum atomic E-state index is -0.287. The summed E-state index contributed by atoms with van der Waals surface area (Å²) in [5.74, 6) is -0.287. The van der Waals surface area contributed by atoms with Crippen molar-refractivity contribution in [1.82, 2.24) is 0 Å². The topological polar surface area (TPSA) is 0 Å². The molecule has 0 saturated heterocycles.